The van der Waals surface area contributed by atoms with E-state index in [2.05, 4.69) is 23.9 Å². The van der Waals surface area contributed by atoms with Gasteiger partial charge in [0.25, 0.3) is 0 Å². The Bertz CT molecular complexity index is 391. The van der Waals surface area contributed by atoms with Crippen LogP contribution in [0.4, 0.5) is 0 Å². The molecule has 0 saturated heterocycles. The molecule has 0 aromatic carbocycles. The van der Waals surface area contributed by atoms with E-state index in [1.54, 1.807) is 6.33 Å². The van der Waals surface area contributed by atoms with E-state index in [0.29, 0.717) is 0 Å². The molecular formula is C16H30N4. The fourth-order valence-electron chi connectivity index (χ4n) is 3.35. The molecule has 1 fully saturated rings. The van der Waals surface area contributed by atoms with E-state index in [0.717, 1.165) is 44.0 Å². The van der Waals surface area contributed by atoms with Crippen LogP contribution in [-0.2, 0) is 13.0 Å². The molecule has 0 amide bonds. The SMILES string of the molecule is CCCCC1CCC(N)(Cc2ncnn2CCC)CC1. The second kappa shape index (κ2) is 7.21. The predicted octanol–water partition coefficient (Wildman–Crippen LogP) is 3.31. The zero-order valence-electron chi connectivity index (χ0n) is 13.1. The summed E-state index contributed by atoms with van der Waals surface area (Å²) in [6.07, 6.45) is 12.6. The van der Waals surface area contributed by atoms with E-state index in [-0.39, 0.29) is 5.54 Å². The smallest absolute Gasteiger partial charge is 0.138 e. The van der Waals surface area contributed by atoms with Crippen LogP contribution in [-0.4, -0.2) is 20.3 Å². The maximum atomic E-state index is 6.63. The molecule has 1 aliphatic rings. The molecular weight excluding hydrogens is 248 g/mol. The highest BCUT2D eigenvalue weighted by molar-refractivity contribution is 5.00. The van der Waals surface area contributed by atoms with E-state index >= 15 is 0 Å². The summed E-state index contributed by atoms with van der Waals surface area (Å²) >= 11 is 0. The molecule has 0 spiro atoms. The van der Waals surface area contributed by atoms with Gasteiger partial charge in [0.2, 0.25) is 0 Å². The molecule has 0 bridgehead atoms. The summed E-state index contributed by atoms with van der Waals surface area (Å²) in [7, 11) is 0. The number of unbranched alkanes of at least 4 members (excludes halogenated alkanes) is 1. The van der Waals surface area contributed by atoms with Crippen LogP contribution >= 0.6 is 0 Å². The van der Waals surface area contributed by atoms with Crippen molar-refractivity contribution in [1.29, 1.82) is 0 Å². The number of aryl methyl sites for hydroxylation is 1. The van der Waals surface area contributed by atoms with Crippen molar-refractivity contribution in [2.45, 2.75) is 83.7 Å². The van der Waals surface area contributed by atoms with Crippen molar-refractivity contribution in [3.8, 4) is 0 Å². The highest BCUT2D eigenvalue weighted by Gasteiger charge is 2.32. The fourth-order valence-corrected chi connectivity index (χ4v) is 3.35. The van der Waals surface area contributed by atoms with Gasteiger partial charge in [-0.1, -0.05) is 33.1 Å². The summed E-state index contributed by atoms with van der Waals surface area (Å²) < 4.78 is 2.03. The first-order valence-corrected chi connectivity index (χ1v) is 8.32. The normalized spacial score (nSPS) is 26.9. The van der Waals surface area contributed by atoms with Crippen molar-refractivity contribution >= 4 is 0 Å². The minimum absolute atomic E-state index is 0.0543. The Labute approximate surface area is 123 Å². The molecule has 114 valence electrons. The van der Waals surface area contributed by atoms with Crippen LogP contribution in [0.2, 0.25) is 0 Å². The van der Waals surface area contributed by atoms with Crippen molar-refractivity contribution < 1.29 is 0 Å². The van der Waals surface area contributed by atoms with Crippen LogP contribution in [0.15, 0.2) is 6.33 Å². The molecule has 0 unspecified atom stereocenters. The molecule has 2 rings (SSSR count). The van der Waals surface area contributed by atoms with Crippen LogP contribution in [0, 0.1) is 5.92 Å². The Kier molecular flexibility index (Phi) is 5.58. The lowest BCUT2D eigenvalue weighted by Gasteiger charge is -2.37. The Balaban J connectivity index is 1.88. The first kappa shape index (κ1) is 15.5. The number of hydrogen-bond acceptors (Lipinski definition) is 3. The quantitative estimate of drug-likeness (QED) is 0.832. The lowest BCUT2D eigenvalue weighted by molar-refractivity contribution is 0.217. The molecule has 1 aliphatic carbocycles. The van der Waals surface area contributed by atoms with Gasteiger partial charge in [0.1, 0.15) is 12.2 Å². The van der Waals surface area contributed by atoms with Crippen molar-refractivity contribution in [3.63, 3.8) is 0 Å². The highest BCUT2D eigenvalue weighted by atomic mass is 15.3. The van der Waals surface area contributed by atoms with Gasteiger partial charge in [0, 0.05) is 18.5 Å². The third-order valence-electron chi connectivity index (χ3n) is 4.71. The number of hydrogen-bond donors (Lipinski definition) is 1. The summed E-state index contributed by atoms with van der Waals surface area (Å²) in [5.74, 6) is 1.97. The third-order valence-corrected chi connectivity index (χ3v) is 4.71. The number of aromatic nitrogens is 3. The second-order valence-electron chi connectivity index (χ2n) is 6.52. The average Bonchev–Trinajstić information content (AvgIpc) is 2.86. The molecule has 1 saturated carbocycles. The number of nitrogens with two attached hydrogens (primary N) is 1. The van der Waals surface area contributed by atoms with Crippen molar-refractivity contribution in [3.05, 3.63) is 12.2 Å². The van der Waals surface area contributed by atoms with Gasteiger partial charge in [0.15, 0.2) is 0 Å². The number of rotatable bonds is 7. The topological polar surface area (TPSA) is 56.7 Å². The minimum Gasteiger partial charge on any atom is -0.325 e. The summed E-state index contributed by atoms with van der Waals surface area (Å²) in [5.41, 5.74) is 6.57. The monoisotopic (exact) mass is 278 g/mol. The Hall–Kier alpha value is -0.900. The third kappa shape index (κ3) is 4.05. The van der Waals surface area contributed by atoms with Crippen LogP contribution < -0.4 is 5.73 Å². The largest absolute Gasteiger partial charge is 0.325 e. The van der Waals surface area contributed by atoms with E-state index in [4.69, 9.17) is 5.73 Å². The van der Waals surface area contributed by atoms with E-state index in [9.17, 15) is 0 Å². The lowest BCUT2D eigenvalue weighted by atomic mass is 9.74. The molecule has 1 aromatic heterocycles. The first-order valence-electron chi connectivity index (χ1n) is 8.32. The fraction of sp³-hybridized carbons (Fsp3) is 0.875. The average molecular weight is 278 g/mol. The Morgan fingerprint density at radius 1 is 1.30 bits per heavy atom. The van der Waals surface area contributed by atoms with Gasteiger partial charge in [-0.15, -0.1) is 0 Å². The van der Waals surface area contributed by atoms with Gasteiger partial charge >= 0.3 is 0 Å². The molecule has 0 atom stereocenters. The van der Waals surface area contributed by atoms with Crippen LogP contribution in [0.3, 0.4) is 0 Å². The zero-order valence-corrected chi connectivity index (χ0v) is 13.1. The molecule has 1 aromatic rings. The molecule has 4 heteroatoms. The predicted molar refractivity (Wildman–Crippen MR) is 82.4 cm³/mol. The van der Waals surface area contributed by atoms with Gasteiger partial charge in [-0.05, 0) is 38.0 Å². The van der Waals surface area contributed by atoms with Crippen LogP contribution in [0.5, 0.6) is 0 Å². The standard InChI is InChI=1S/C16H30N4/c1-3-5-6-14-7-9-16(17,10-8-14)12-15-18-13-19-20(15)11-4-2/h13-14H,3-12,17H2,1-2H3. The molecule has 1 heterocycles. The maximum absolute atomic E-state index is 6.63. The first-order chi connectivity index (χ1) is 9.67. The van der Waals surface area contributed by atoms with Crippen molar-refractivity contribution in [2.75, 3.05) is 0 Å². The van der Waals surface area contributed by atoms with Crippen molar-refractivity contribution in [2.24, 2.45) is 11.7 Å². The molecule has 20 heavy (non-hydrogen) atoms. The maximum Gasteiger partial charge on any atom is 0.138 e. The molecule has 2 N–H and O–H groups in total. The van der Waals surface area contributed by atoms with E-state index in [1.165, 1.54) is 32.1 Å². The zero-order chi connectivity index (χ0) is 14.4. The van der Waals surface area contributed by atoms with E-state index < -0.39 is 0 Å². The van der Waals surface area contributed by atoms with Gasteiger partial charge < -0.3 is 5.73 Å². The lowest BCUT2D eigenvalue weighted by Crippen LogP contribution is -2.46. The summed E-state index contributed by atoms with van der Waals surface area (Å²) in [4.78, 5) is 4.41. The van der Waals surface area contributed by atoms with Gasteiger partial charge in [-0.2, -0.15) is 5.10 Å². The Morgan fingerprint density at radius 2 is 2.05 bits per heavy atom. The van der Waals surface area contributed by atoms with Crippen LogP contribution in [0.1, 0.15) is 71.0 Å². The van der Waals surface area contributed by atoms with Gasteiger partial charge in [-0.3, -0.25) is 4.68 Å². The summed E-state index contributed by atoms with van der Waals surface area (Å²) in [6, 6.07) is 0. The summed E-state index contributed by atoms with van der Waals surface area (Å²) in [6.45, 7) is 5.39. The number of nitrogens with zero attached hydrogens (tertiary/aromatic N) is 3. The van der Waals surface area contributed by atoms with Crippen molar-refractivity contribution in [1.82, 2.24) is 14.8 Å². The second-order valence-corrected chi connectivity index (χ2v) is 6.52. The molecule has 4 nitrogen and oxygen atoms in total. The minimum atomic E-state index is -0.0543. The van der Waals surface area contributed by atoms with Gasteiger partial charge in [0.05, 0.1) is 0 Å². The summed E-state index contributed by atoms with van der Waals surface area (Å²) in [5, 5.41) is 4.31. The Morgan fingerprint density at radius 3 is 2.70 bits per heavy atom. The van der Waals surface area contributed by atoms with E-state index in [1.807, 2.05) is 4.68 Å². The highest BCUT2D eigenvalue weighted by Crippen LogP contribution is 2.34. The van der Waals surface area contributed by atoms with Crippen LogP contribution in [0.25, 0.3) is 0 Å². The molecule has 0 aliphatic heterocycles. The molecule has 0 radical (unpaired) electrons. The van der Waals surface area contributed by atoms with Gasteiger partial charge in [-0.25, -0.2) is 4.98 Å².